The van der Waals surface area contributed by atoms with Crippen LogP contribution < -0.4 is 10.9 Å². The average Bonchev–Trinajstić information content (AvgIpc) is 2.57. The van der Waals surface area contributed by atoms with Gasteiger partial charge in [-0.15, -0.1) is 0 Å². The Morgan fingerprint density at radius 3 is 2.68 bits per heavy atom. The summed E-state index contributed by atoms with van der Waals surface area (Å²) in [6.07, 6.45) is 0.884. The number of benzene rings is 2. The van der Waals surface area contributed by atoms with Crippen LogP contribution >= 0.6 is 11.6 Å². The summed E-state index contributed by atoms with van der Waals surface area (Å²) >= 11 is 6.09. The molecule has 2 N–H and O–H groups in total. The summed E-state index contributed by atoms with van der Waals surface area (Å²) in [5, 5.41) is 4.42. The molecule has 2 aromatic carbocycles. The van der Waals surface area contributed by atoms with Crippen LogP contribution in [-0.2, 0) is 17.6 Å². The predicted octanol–water partition coefficient (Wildman–Crippen LogP) is 4.23. The number of nitrogens with one attached hydrogen (secondary N) is 2. The summed E-state index contributed by atoms with van der Waals surface area (Å²) in [6, 6.07) is 12.8. The van der Waals surface area contributed by atoms with E-state index in [2.05, 4.69) is 10.3 Å². The zero-order valence-electron chi connectivity index (χ0n) is 14.2. The Morgan fingerprint density at radius 1 is 1.20 bits per heavy atom. The minimum absolute atomic E-state index is 0.0768. The normalized spacial score (nSPS) is 10.8. The molecule has 0 saturated carbocycles. The number of carbonyl (C=O) groups excluding carboxylic acids is 1. The molecule has 5 heteroatoms. The van der Waals surface area contributed by atoms with Crippen molar-refractivity contribution in [2.24, 2.45) is 0 Å². The van der Waals surface area contributed by atoms with E-state index in [1.165, 1.54) is 0 Å². The van der Waals surface area contributed by atoms with Gasteiger partial charge in [-0.3, -0.25) is 9.59 Å². The minimum atomic E-state index is -0.156. The number of hydrogen-bond acceptors (Lipinski definition) is 2. The van der Waals surface area contributed by atoms with Gasteiger partial charge in [-0.25, -0.2) is 0 Å². The second-order valence-corrected chi connectivity index (χ2v) is 6.40. The Morgan fingerprint density at radius 2 is 1.96 bits per heavy atom. The molecule has 1 aromatic heterocycles. The highest BCUT2D eigenvalue weighted by Crippen LogP contribution is 2.22. The maximum absolute atomic E-state index is 12.3. The highest BCUT2D eigenvalue weighted by molar-refractivity contribution is 6.31. The van der Waals surface area contributed by atoms with Gasteiger partial charge in [-0.05, 0) is 42.7 Å². The number of carbonyl (C=O) groups is 1. The maximum atomic E-state index is 12.3. The van der Waals surface area contributed by atoms with Crippen molar-refractivity contribution in [3.8, 4) is 0 Å². The topological polar surface area (TPSA) is 62.0 Å². The molecule has 4 nitrogen and oxygen atoms in total. The average molecular weight is 355 g/mol. The lowest BCUT2D eigenvalue weighted by Gasteiger charge is -2.10. The van der Waals surface area contributed by atoms with Crippen molar-refractivity contribution in [2.75, 3.05) is 5.32 Å². The number of hydrogen-bond donors (Lipinski definition) is 2. The second-order valence-electron chi connectivity index (χ2n) is 5.99. The van der Waals surface area contributed by atoms with Crippen LogP contribution in [0.2, 0.25) is 5.02 Å². The first kappa shape index (κ1) is 17.2. The summed E-state index contributed by atoms with van der Waals surface area (Å²) in [6.45, 7) is 3.92. The first-order valence-corrected chi connectivity index (χ1v) is 8.56. The van der Waals surface area contributed by atoms with Crippen molar-refractivity contribution in [1.29, 1.82) is 0 Å². The molecule has 3 aromatic rings. The van der Waals surface area contributed by atoms with Crippen molar-refractivity contribution in [3.05, 3.63) is 74.5 Å². The van der Waals surface area contributed by atoms with Crippen LogP contribution in [0.5, 0.6) is 0 Å². The lowest BCUT2D eigenvalue weighted by Crippen LogP contribution is -2.16. The van der Waals surface area contributed by atoms with Crippen LogP contribution in [0.1, 0.15) is 23.6 Å². The van der Waals surface area contributed by atoms with Crippen molar-refractivity contribution in [3.63, 3.8) is 0 Å². The smallest absolute Gasteiger partial charge is 0.251 e. The Kier molecular flexibility index (Phi) is 4.91. The van der Waals surface area contributed by atoms with E-state index in [1.807, 2.05) is 44.2 Å². The van der Waals surface area contributed by atoms with Gasteiger partial charge in [-0.2, -0.15) is 0 Å². The van der Waals surface area contributed by atoms with Crippen molar-refractivity contribution in [1.82, 2.24) is 4.98 Å². The first-order chi connectivity index (χ1) is 12.0. The van der Waals surface area contributed by atoms with Crippen molar-refractivity contribution >= 4 is 34.1 Å². The number of pyridine rings is 1. The summed E-state index contributed by atoms with van der Waals surface area (Å²) in [5.41, 5.74) is 3.84. The number of aromatic amines is 1. The number of amides is 1. The van der Waals surface area contributed by atoms with Crippen LogP contribution in [0, 0.1) is 6.92 Å². The SMILES string of the molecule is CCc1c(C)c2ccc(NC(=O)Cc3ccccc3Cl)cc2[nH]c1=O. The Labute approximate surface area is 150 Å². The summed E-state index contributed by atoms with van der Waals surface area (Å²) in [5.74, 6) is -0.156. The summed E-state index contributed by atoms with van der Waals surface area (Å²) < 4.78 is 0. The number of anilines is 1. The molecule has 128 valence electrons. The minimum Gasteiger partial charge on any atom is -0.326 e. The molecule has 0 aliphatic heterocycles. The van der Waals surface area contributed by atoms with Gasteiger partial charge in [0.1, 0.15) is 0 Å². The monoisotopic (exact) mass is 354 g/mol. The molecule has 0 atom stereocenters. The molecule has 3 rings (SSSR count). The van der Waals surface area contributed by atoms with Crippen LogP contribution in [-0.4, -0.2) is 10.9 Å². The van der Waals surface area contributed by atoms with Gasteiger partial charge in [0.25, 0.3) is 5.56 Å². The molecule has 25 heavy (non-hydrogen) atoms. The molecule has 0 fully saturated rings. The highest BCUT2D eigenvalue weighted by atomic mass is 35.5. The second kappa shape index (κ2) is 7.11. The lowest BCUT2D eigenvalue weighted by atomic mass is 10.0. The van der Waals surface area contributed by atoms with E-state index in [4.69, 9.17) is 11.6 Å². The fourth-order valence-electron chi connectivity index (χ4n) is 3.03. The van der Waals surface area contributed by atoms with Gasteiger partial charge in [0.05, 0.1) is 11.9 Å². The quantitative estimate of drug-likeness (QED) is 0.736. The molecule has 0 aliphatic rings. The number of fused-ring (bicyclic) bond motifs is 1. The number of rotatable bonds is 4. The summed E-state index contributed by atoms with van der Waals surface area (Å²) in [7, 11) is 0. The van der Waals surface area contributed by atoms with Crippen LogP contribution in [0.4, 0.5) is 5.69 Å². The van der Waals surface area contributed by atoms with Gasteiger partial charge in [-0.1, -0.05) is 42.8 Å². The predicted molar refractivity (Wildman–Crippen MR) is 102 cm³/mol. The molecule has 1 heterocycles. The van der Waals surface area contributed by atoms with E-state index in [0.717, 1.165) is 27.6 Å². The molecule has 0 aliphatic carbocycles. The zero-order chi connectivity index (χ0) is 18.0. The fourth-order valence-corrected chi connectivity index (χ4v) is 3.23. The zero-order valence-corrected chi connectivity index (χ0v) is 14.9. The van der Waals surface area contributed by atoms with Crippen LogP contribution in [0.3, 0.4) is 0 Å². The number of aryl methyl sites for hydroxylation is 1. The van der Waals surface area contributed by atoms with Crippen molar-refractivity contribution in [2.45, 2.75) is 26.7 Å². The number of aromatic nitrogens is 1. The third kappa shape index (κ3) is 3.59. The van der Waals surface area contributed by atoms with E-state index in [9.17, 15) is 9.59 Å². The van der Waals surface area contributed by atoms with Crippen molar-refractivity contribution < 1.29 is 4.79 Å². The third-order valence-corrected chi connectivity index (χ3v) is 4.71. The Bertz CT molecular complexity index is 1010. The van der Waals surface area contributed by atoms with E-state index < -0.39 is 0 Å². The van der Waals surface area contributed by atoms with E-state index in [-0.39, 0.29) is 17.9 Å². The molecular weight excluding hydrogens is 336 g/mol. The molecule has 0 spiro atoms. The maximum Gasteiger partial charge on any atom is 0.251 e. The molecule has 1 amide bonds. The fraction of sp³-hybridized carbons (Fsp3) is 0.200. The largest absolute Gasteiger partial charge is 0.326 e. The van der Waals surface area contributed by atoms with Crippen LogP contribution in [0.25, 0.3) is 10.9 Å². The lowest BCUT2D eigenvalue weighted by molar-refractivity contribution is -0.115. The van der Waals surface area contributed by atoms with Gasteiger partial charge < -0.3 is 10.3 Å². The molecule has 0 radical (unpaired) electrons. The third-order valence-electron chi connectivity index (χ3n) is 4.34. The molecule has 0 bridgehead atoms. The number of halogens is 1. The van der Waals surface area contributed by atoms with Gasteiger partial charge >= 0.3 is 0 Å². The highest BCUT2D eigenvalue weighted by Gasteiger charge is 2.10. The van der Waals surface area contributed by atoms with Gasteiger partial charge in [0.15, 0.2) is 0 Å². The summed E-state index contributed by atoms with van der Waals surface area (Å²) in [4.78, 5) is 27.3. The number of H-pyrrole nitrogens is 1. The van der Waals surface area contributed by atoms with Gasteiger partial charge in [0, 0.05) is 21.7 Å². The standard InChI is InChI=1S/C20H19ClN2O2/c1-3-15-12(2)16-9-8-14(11-18(16)23-20(15)25)22-19(24)10-13-6-4-5-7-17(13)21/h4-9,11H,3,10H2,1-2H3,(H,22,24)(H,23,25). The van der Waals surface area contributed by atoms with E-state index >= 15 is 0 Å². The molecular formula is C20H19ClN2O2. The molecule has 0 unspecified atom stereocenters. The molecule has 0 saturated heterocycles. The Balaban J connectivity index is 1.86. The van der Waals surface area contributed by atoms with Crippen LogP contribution in [0.15, 0.2) is 47.3 Å². The van der Waals surface area contributed by atoms with E-state index in [0.29, 0.717) is 17.1 Å². The first-order valence-electron chi connectivity index (χ1n) is 8.18. The van der Waals surface area contributed by atoms with Gasteiger partial charge in [0.2, 0.25) is 5.91 Å². The van der Waals surface area contributed by atoms with E-state index in [1.54, 1.807) is 12.1 Å². The Hall–Kier alpha value is -2.59.